The highest BCUT2D eigenvalue weighted by Gasteiger charge is 2.06. The molecule has 16 heavy (non-hydrogen) atoms. The molecular weight excluding hydrogens is 224 g/mol. The van der Waals surface area contributed by atoms with Crippen molar-refractivity contribution >= 4 is 28.2 Å². The average molecular weight is 234 g/mol. The van der Waals surface area contributed by atoms with Crippen LogP contribution in [0.5, 0.6) is 0 Å². The van der Waals surface area contributed by atoms with Gasteiger partial charge in [0, 0.05) is 13.1 Å². The molecule has 0 fully saturated rings. The summed E-state index contributed by atoms with van der Waals surface area (Å²) in [7, 11) is 0. The second kappa shape index (κ2) is 4.28. The van der Waals surface area contributed by atoms with E-state index >= 15 is 0 Å². The van der Waals surface area contributed by atoms with Gasteiger partial charge in [0.25, 0.3) is 0 Å². The quantitative estimate of drug-likeness (QED) is 0.829. The van der Waals surface area contributed by atoms with E-state index in [0.29, 0.717) is 10.9 Å². The fourth-order valence-corrected chi connectivity index (χ4v) is 2.02. The minimum Gasteiger partial charge on any atom is -0.384 e. The average Bonchev–Trinajstić information content (AvgIpc) is 2.65. The van der Waals surface area contributed by atoms with E-state index in [1.165, 1.54) is 18.3 Å². The maximum absolute atomic E-state index is 10.8. The summed E-state index contributed by atoms with van der Waals surface area (Å²) < 4.78 is 0. The van der Waals surface area contributed by atoms with Crippen LogP contribution in [0.3, 0.4) is 0 Å². The molecule has 0 aliphatic carbocycles. The van der Waals surface area contributed by atoms with Gasteiger partial charge in [0.15, 0.2) is 5.13 Å². The Hall–Kier alpha value is -1.95. The zero-order chi connectivity index (χ0) is 11.5. The zero-order valence-corrected chi connectivity index (χ0v) is 9.41. The minimum atomic E-state index is -0.138. The van der Waals surface area contributed by atoms with Crippen LogP contribution in [0.1, 0.15) is 6.92 Å². The zero-order valence-electron chi connectivity index (χ0n) is 8.60. The number of aromatic nitrogens is 2. The van der Waals surface area contributed by atoms with Gasteiger partial charge >= 0.3 is 0 Å². The van der Waals surface area contributed by atoms with Crippen molar-refractivity contribution < 1.29 is 4.79 Å². The second-order valence-corrected chi connectivity index (χ2v) is 4.19. The molecule has 2 rings (SSSR count). The number of nitrogens with two attached hydrogens (primary N) is 1. The van der Waals surface area contributed by atoms with Gasteiger partial charge in [-0.2, -0.15) is 0 Å². The molecule has 0 atom stereocenters. The van der Waals surface area contributed by atoms with Crippen LogP contribution in [0.4, 0.5) is 10.9 Å². The number of thiazole rings is 1. The Morgan fingerprint density at radius 2 is 2.31 bits per heavy atom. The molecule has 2 aromatic rings. The molecular formula is C10H10N4OS. The van der Waals surface area contributed by atoms with Crippen molar-refractivity contribution in [3.8, 4) is 10.6 Å². The lowest BCUT2D eigenvalue weighted by Gasteiger charge is -1.96. The molecule has 3 N–H and O–H groups in total. The molecule has 82 valence electrons. The highest BCUT2D eigenvalue weighted by molar-refractivity contribution is 7.19. The van der Waals surface area contributed by atoms with Gasteiger partial charge in [-0.3, -0.25) is 4.79 Å². The number of hydrogen-bond acceptors (Lipinski definition) is 5. The third-order valence-electron chi connectivity index (χ3n) is 1.81. The first-order chi connectivity index (χ1) is 7.65. The number of nitrogen functional groups attached to an aromatic ring is 1. The number of pyridine rings is 1. The number of amides is 1. The van der Waals surface area contributed by atoms with Gasteiger partial charge in [0.2, 0.25) is 5.91 Å². The lowest BCUT2D eigenvalue weighted by Crippen LogP contribution is -2.04. The Balaban J connectivity index is 2.28. The number of carbonyl (C=O) groups is 1. The number of anilines is 2. The number of rotatable bonds is 2. The fourth-order valence-electron chi connectivity index (χ4n) is 1.19. The molecule has 0 aliphatic heterocycles. The molecule has 2 heterocycles. The van der Waals surface area contributed by atoms with Crippen molar-refractivity contribution in [3.63, 3.8) is 0 Å². The van der Waals surface area contributed by atoms with E-state index in [1.54, 1.807) is 12.3 Å². The van der Waals surface area contributed by atoms with Crippen LogP contribution >= 0.6 is 11.3 Å². The SMILES string of the molecule is CC(=O)Nc1ncc(-c2cccc(N)n2)s1. The number of nitrogens with zero attached hydrogens (tertiary/aromatic N) is 2. The maximum atomic E-state index is 10.8. The predicted molar refractivity (Wildman–Crippen MR) is 64.1 cm³/mol. The number of nitrogens with one attached hydrogen (secondary N) is 1. The van der Waals surface area contributed by atoms with Crippen LogP contribution in [-0.4, -0.2) is 15.9 Å². The molecule has 0 aliphatic rings. The standard InChI is InChI=1S/C10H10N4OS/c1-6(15)13-10-12-5-8(16-10)7-3-2-4-9(11)14-7/h2-5H,1H3,(H2,11,14)(H,12,13,15). The molecule has 5 nitrogen and oxygen atoms in total. The Bertz CT molecular complexity index is 523. The Morgan fingerprint density at radius 1 is 1.50 bits per heavy atom. The lowest BCUT2D eigenvalue weighted by molar-refractivity contribution is -0.114. The van der Waals surface area contributed by atoms with Gasteiger partial charge in [-0.25, -0.2) is 9.97 Å². The van der Waals surface area contributed by atoms with E-state index in [9.17, 15) is 4.79 Å². The van der Waals surface area contributed by atoms with E-state index in [2.05, 4.69) is 15.3 Å². The molecule has 0 aromatic carbocycles. The Kier molecular flexibility index (Phi) is 2.82. The Morgan fingerprint density at radius 3 is 3.00 bits per heavy atom. The largest absolute Gasteiger partial charge is 0.384 e. The summed E-state index contributed by atoms with van der Waals surface area (Å²) in [6.07, 6.45) is 1.66. The van der Waals surface area contributed by atoms with Gasteiger partial charge in [-0.1, -0.05) is 17.4 Å². The van der Waals surface area contributed by atoms with E-state index in [-0.39, 0.29) is 5.91 Å². The van der Waals surface area contributed by atoms with Crippen molar-refractivity contribution in [1.29, 1.82) is 0 Å². The Labute approximate surface area is 96.3 Å². The molecule has 0 radical (unpaired) electrons. The molecule has 0 unspecified atom stereocenters. The molecule has 0 spiro atoms. The maximum Gasteiger partial charge on any atom is 0.223 e. The molecule has 1 amide bonds. The van der Waals surface area contributed by atoms with Gasteiger partial charge in [0.05, 0.1) is 10.6 Å². The topological polar surface area (TPSA) is 80.9 Å². The molecule has 6 heteroatoms. The van der Waals surface area contributed by atoms with Crippen molar-refractivity contribution in [2.45, 2.75) is 6.92 Å². The van der Waals surface area contributed by atoms with Crippen molar-refractivity contribution in [1.82, 2.24) is 9.97 Å². The van der Waals surface area contributed by atoms with Crippen LogP contribution in [-0.2, 0) is 4.79 Å². The van der Waals surface area contributed by atoms with Crippen molar-refractivity contribution in [2.24, 2.45) is 0 Å². The highest BCUT2D eigenvalue weighted by Crippen LogP contribution is 2.27. The summed E-state index contributed by atoms with van der Waals surface area (Å²) in [5.74, 6) is 0.327. The molecule has 0 bridgehead atoms. The number of carbonyl (C=O) groups excluding carboxylic acids is 1. The van der Waals surface area contributed by atoms with Crippen LogP contribution in [0.2, 0.25) is 0 Å². The summed E-state index contributed by atoms with van der Waals surface area (Å²) in [6, 6.07) is 5.40. The van der Waals surface area contributed by atoms with Crippen LogP contribution < -0.4 is 11.1 Å². The van der Waals surface area contributed by atoms with Gasteiger partial charge < -0.3 is 11.1 Å². The third-order valence-corrected chi connectivity index (χ3v) is 2.75. The summed E-state index contributed by atoms with van der Waals surface area (Å²) in [4.78, 5) is 19.9. The predicted octanol–water partition coefficient (Wildman–Crippen LogP) is 1.75. The molecule has 2 aromatic heterocycles. The first kappa shape index (κ1) is 10.6. The summed E-state index contributed by atoms with van der Waals surface area (Å²) in [5, 5.41) is 3.18. The van der Waals surface area contributed by atoms with Gasteiger partial charge in [-0.05, 0) is 12.1 Å². The molecule has 0 saturated heterocycles. The fraction of sp³-hybridized carbons (Fsp3) is 0.100. The van der Waals surface area contributed by atoms with Gasteiger partial charge in [-0.15, -0.1) is 0 Å². The van der Waals surface area contributed by atoms with E-state index < -0.39 is 0 Å². The van der Waals surface area contributed by atoms with E-state index in [4.69, 9.17) is 5.73 Å². The first-order valence-corrected chi connectivity index (χ1v) is 5.43. The van der Waals surface area contributed by atoms with Crippen LogP contribution in [0, 0.1) is 0 Å². The van der Waals surface area contributed by atoms with Crippen molar-refractivity contribution in [2.75, 3.05) is 11.1 Å². The lowest BCUT2D eigenvalue weighted by atomic mass is 10.3. The van der Waals surface area contributed by atoms with E-state index in [0.717, 1.165) is 10.6 Å². The smallest absolute Gasteiger partial charge is 0.223 e. The minimum absolute atomic E-state index is 0.138. The normalized spacial score (nSPS) is 10.1. The van der Waals surface area contributed by atoms with Crippen LogP contribution in [0.25, 0.3) is 10.6 Å². The van der Waals surface area contributed by atoms with Crippen LogP contribution in [0.15, 0.2) is 24.4 Å². The van der Waals surface area contributed by atoms with E-state index in [1.807, 2.05) is 12.1 Å². The second-order valence-electron chi connectivity index (χ2n) is 3.16. The summed E-state index contributed by atoms with van der Waals surface area (Å²) >= 11 is 1.36. The summed E-state index contributed by atoms with van der Waals surface area (Å²) in [6.45, 7) is 1.44. The number of hydrogen-bond donors (Lipinski definition) is 2. The van der Waals surface area contributed by atoms with Crippen molar-refractivity contribution in [3.05, 3.63) is 24.4 Å². The monoisotopic (exact) mass is 234 g/mol. The third kappa shape index (κ3) is 2.34. The first-order valence-electron chi connectivity index (χ1n) is 4.61. The highest BCUT2D eigenvalue weighted by atomic mass is 32.1. The summed E-state index contributed by atoms with van der Waals surface area (Å²) in [5.41, 5.74) is 6.35. The van der Waals surface area contributed by atoms with Gasteiger partial charge in [0.1, 0.15) is 5.82 Å². The molecule has 0 saturated carbocycles.